The number of alkyl halides is 5. The third-order valence-corrected chi connectivity index (χ3v) is 14.0. The van der Waals surface area contributed by atoms with Gasteiger partial charge in [-0.3, -0.25) is 10.1 Å². The summed E-state index contributed by atoms with van der Waals surface area (Å²) in [6.07, 6.45) is 4.11. The Balaban J connectivity index is 0.000000250. The molecule has 2 aromatic heterocycles. The van der Waals surface area contributed by atoms with Gasteiger partial charge in [-0.25, -0.2) is 39.2 Å². The third kappa shape index (κ3) is 14.2. The summed E-state index contributed by atoms with van der Waals surface area (Å²) >= 11 is 15.0. The summed E-state index contributed by atoms with van der Waals surface area (Å²) in [4.78, 5) is 22.9. The summed E-state index contributed by atoms with van der Waals surface area (Å²) in [6.45, 7) is 4.81. The van der Waals surface area contributed by atoms with E-state index < -0.39 is 74.0 Å². The van der Waals surface area contributed by atoms with Gasteiger partial charge >= 0.3 is 16.0 Å². The number of ether oxygens (including phenoxy) is 1. The number of hydrogen-bond donors (Lipinski definition) is 3. The Labute approximate surface area is 359 Å². The quantitative estimate of drug-likeness (QED) is 0.0924. The maximum Gasteiger partial charge on any atom is 0.340 e. The zero-order chi connectivity index (χ0) is 44.9. The Kier molecular flexibility index (Phi) is 18.1. The number of likely N-dealkylation sites (tertiary alicyclic amines) is 1. The van der Waals surface area contributed by atoms with Gasteiger partial charge in [-0.15, -0.1) is 0 Å². The van der Waals surface area contributed by atoms with Crippen molar-refractivity contribution in [1.29, 1.82) is 0 Å². The average molecular weight is 950 g/mol. The van der Waals surface area contributed by atoms with Crippen LogP contribution in [0.15, 0.2) is 91.9 Å². The van der Waals surface area contributed by atoms with Crippen LogP contribution in [-0.4, -0.2) is 84.2 Å². The summed E-state index contributed by atoms with van der Waals surface area (Å²) in [6, 6.07) is 11.5. The normalized spacial score (nSPS) is 17.1. The Bertz CT molecular complexity index is 2200. The number of rotatable bonds is 7. The number of anilines is 2. The minimum absolute atomic E-state index is 0.158. The minimum Gasteiger partial charge on any atom is -0.415 e. The first kappa shape index (κ1) is 50.2. The lowest BCUT2D eigenvalue weighted by molar-refractivity contribution is -0.141. The van der Waals surface area contributed by atoms with Crippen molar-refractivity contribution in [2.24, 2.45) is 11.8 Å². The highest BCUT2D eigenvalue weighted by Gasteiger charge is 2.49. The number of nitrogen functional groups attached to an aromatic ring is 1. The number of carbonyl (C=O) groups excluding carboxylic acids is 2. The summed E-state index contributed by atoms with van der Waals surface area (Å²) in [5.74, 6) is -2.89. The number of halogens is 7. The molecule has 2 saturated heterocycles. The molecule has 15 nitrogen and oxygen atoms in total. The maximum atomic E-state index is 15.4. The van der Waals surface area contributed by atoms with Gasteiger partial charge in [0.25, 0.3) is 0 Å². The van der Waals surface area contributed by atoms with Crippen molar-refractivity contribution in [3.05, 3.63) is 84.7 Å². The van der Waals surface area contributed by atoms with E-state index in [0.717, 1.165) is 45.0 Å². The number of benzene rings is 2. The van der Waals surface area contributed by atoms with Gasteiger partial charge in [0.05, 0.1) is 22.2 Å². The van der Waals surface area contributed by atoms with E-state index in [9.17, 15) is 39.6 Å². The number of hydrogen-bond acceptors (Lipinski definition) is 13. The molecule has 2 aliphatic rings. The van der Waals surface area contributed by atoms with Crippen molar-refractivity contribution < 1.29 is 57.8 Å². The van der Waals surface area contributed by atoms with Crippen LogP contribution in [-0.2, 0) is 29.2 Å². The summed E-state index contributed by atoms with van der Waals surface area (Å²) < 4.78 is 118. The number of nitrogens with one attached hydrogen (secondary N) is 2. The smallest absolute Gasteiger partial charge is 0.340 e. The highest BCUT2D eigenvalue weighted by atomic mass is 35.6. The molecule has 6 rings (SSSR count). The third-order valence-electron chi connectivity index (χ3n) is 9.23. The van der Waals surface area contributed by atoms with Gasteiger partial charge in [-0.1, -0.05) is 22.4 Å². The molecule has 2 aromatic carbocycles. The first-order valence-electron chi connectivity index (χ1n) is 17.9. The van der Waals surface area contributed by atoms with Gasteiger partial charge in [-0.05, 0) is 124 Å². The molecule has 2 fully saturated rings. The second-order valence-electron chi connectivity index (χ2n) is 13.4. The molecule has 332 valence electrons. The van der Waals surface area contributed by atoms with Gasteiger partial charge in [0.15, 0.2) is 0 Å². The molecular formula is C36H43Cl3F4N6O9S2. The van der Waals surface area contributed by atoms with E-state index in [1.165, 1.54) is 47.6 Å². The summed E-state index contributed by atoms with van der Waals surface area (Å²) in [5.41, 5.74) is 5.05. The molecular weight excluding hydrogens is 907 g/mol. The molecule has 0 spiro atoms. The Morgan fingerprint density at radius 1 is 0.817 bits per heavy atom. The highest BCUT2D eigenvalue weighted by Crippen LogP contribution is 2.40. The van der Waals surface area contributed by atoms with E-state index in [0.29, 0.717) is 31.8 Å². The fraction of sp³-hybridized carbons (Fsp3) is 0.444. The van der Waals surface area contributed by atoms with Crippen LogP contribution in [0.25, 0.3) is 0 Å². The van der Waals surface area contributed by atoms with Crippen LogP contribution in [0.1, 0.15) is 46.5 Å². The summed E-state index contributed by atoms with van der Waals surface area (Å²) in [7, 11) is -8.58. The second kappa shape index (κ2) is 21.6. The van der Waals surface area contributed by atoms with Crippen LogP contribution in [0.5, 0.6) is 0 Å². The van der Waals surface area contributed by atoms with E-state index in [1.807, 2.05) is 0 Å². The van der Waals surface area contributed by atoms with E-state index >= 15 is 4.39 Å². The molecule has 0 bridgehead atoms. The SMILES string of the molecule is CC(=O)OC(Cl)(Cl)Cl.CC(F)(C1CCN(C(=O)Nc2ccno2)CC1)S(=O)(=O)c1cccc(F)c1.CC(F)(C1CCNCC1)S(=O)(=O)c1cccc(F)c1.Nc1ccno1. The monoisotopic (exact) mass is 948 g/mol. The van der Waals surface area contributed by atoms with Crippen LogP contribution in [0.4, 0.5) is 34.1 Å². The molecule has 2 amide bonds. The van der Waals surface area contributed by atoms with Gasteiger partial charge in [0, 0.05) is 44.0 Å². The minimum atomic E-state index is -4.39. The van der Waals surface area contributed by atoms with E-state index in [-0.39, 0.29) is 36.7 Å². The Hall–Kier alpha value is -4.15. The lowest BCUT2D eigenvalue weighted by Crippen LogP contribution is -2.47. The maximum absolute atomic E-state index is 15.4. The van der Waals surface area contributed by atoms with Crippen molar-refractivity contribution >= 4 is 78.2 Å². The van der Waals surface area contributed by atoms with Gasteiger partial charge in [0.1, 0.15) is 11.6 Å². The molecule has 4 N–H and O–H groups in total. The molecule has 2 atom stereocenters. The topological polar surface area (TPSA) is 217 Å². The average Bonchev–Trinajstić information content (AvgIpc) is 3.89. The van der Waals surface area contributed by atoms with Crippen molar-refractivity contribution in [2.75, 3.05) is 37.2 Å². The van der Waals surface area contributed by atoms with Crippen LogP contribution >= 0.6 is 34.8 Å². The number of nitrogens with zero attached hydrogens (tertiary/aromatic N) is 3. The number of nitrogens with two attached hydrogens (primary N) is 1. The fourth-order valence-electron chi connectivity index (χ4n) is 5.96. The van der Waals surface area contributed by atoms with E-state index in [2.05, 4.69) is 30.2 Å². The molecule has 2 aliphatic heterocycles. The largest absolute Gasteiger partial charge is 0.415 e. The molecule has 0 radical (unpaired) electrons. The number of aromatic nitrogens is 2. The fourth-order valence-corrected chi connectivity index (χ4v) is 9.60. The zero-order valence-corrected chi connectivity index (χ0v) is 36.2. The number of urea groups is 1. The number of amides is 2. The van der Waals surface area contributed by atoms with Crippen LogP contribution < -0.4 is 16.4 Å². The lowest BCUT2D eigenvalue weighted by atomic mass is 9.92. The first-order chi connectivity index (χ1) is 27.9. The predicted octanol–water partition coefficient (Wildman–Crippen LogP) is 7.64. The molecule has 24 heteroatoms. The molecule has 0 aliphatic carbocycles. The van der Waals surface area contributed by atoms with E-state index in [4.69, 9.17) is 45.1 Å². The van der Waals surface area contributed by atoms with Crippen molar-refractivity contribution in [3.63, 3.8) is 0 Å². The number of carbonyl (C=O) groups is 2. The number of piperidine rings is 2. The molecule has 60 heavy (non-hydrogen) atoms. The first-order valence-corrected chi connectivity index (χ1v) is 22.0. The predicted molar refractivity (Wildman–Crippen MR) is 215 cm³/mol. The van der Waals surface area contributed by atoms with Gasteiger partial charge in [0.2, 0.25) is 41.4 Å². The van der Waals surface area contributed by atoms with Crippen LogP contribution in [0.3, 0.4) is 0 Å². The lowest BCUT2D eigenvalue weighted by Gasteiger charge is -2.37. The Morgan fingerprint density at radius 3 is 1.63 bits per heavy atom. The van der Waals surface area contributed by atoms with Crippen LogP contribution in [0, 0.1) is 23.5 Å². The van der Waals surface area contributed by atoms with Gasteiger partial charge < -0.3 is 29.7 Å². The number of sulfone groups is 2. The molecule has 2 unspecified atom stereocenters. The molecule has 0 saturated carbocycles. The van der Waals surface area contributed by atoms with Gasteiger partial charge in [-0.2, -0.15) is 0 Å². The molecule has 4 aromatic rings. The van der Waals surface area contributed by atoms with Crippen molar-refractivity contribution in [3.8, 4) is 0 Å². The number of esters is 1. The van der Waals surface area contributed by atoms with E-state index in [1.54, 1.807) is 6.07 Å². The van der Waals surface area contributed by atoms with Crippen molar-refractivity contribution in [1.82, 2.24) is 20.5 Å². The Morgan fingerprint density at radius 2 is 1.28 bits per heavy atom. The summed E-state index contributed by atoms with van der Waals surface area (Å²) in [5, 5.41) is 7.43. The zero-order valence-electron chi connectivity index (χ0n) is 32.3. The van der Waals surface area contributed by atoms with Crippen molar-refractivity contribution in [2.45, 2.75) is 70.2 Å². The molecule has 4 heterocycles. The standard InChI is InChI=1S/C17H19F2N3O4S.C13H17F2NO2S.C3H3Cl3O2.C3H4N2O/c1-17(19,27(24,25)14-4-2-3-13(18)11-14)12-6-9-22(10-7-12)16(23)21-15-5-8-20-26-15;1-13(15,10-5-7-16-8-6-10)19(17,18)12-4-2-3-11(14)9-12;1-2(7)8-3(4,5)6;4-3-1-2-5-6-3/h2-5,8,11-12H,6-7,9-10H2,1H3,(H,21,23);2-4,9-10,16H,5-8H2,1H3;1H3;1-2H,4H2. The second-order valence-corrected chi connectivity index (χ2v) is 20.2. The van der Waals surface area contributed by atoms with Crippen LogP contribution in [0.2, 0.25) is 0 Å². The highest BCUT2D eigenvalue weighted by molar-refractivity contribution is 7.93.